The van der Waals surface area contributed by atoms with E-state index in [2.05, 4.69) is 17.3 Å². The minimum Gasteiger partial charge on any atom is -0.493 e. The summed E-state index contributed by atoms with van der Waals surface area (Å²) >= 11 is 0. The molecule has 3 aliphatic carbocycles. The molecule has 4 atom stereocenters. The van der Waals surface area contributed by atoms with E-state index in [9.17, 15) is 9.59 Å². The van der Waals surface area contributed by atoms with E-state index in [0.717, 1.165) is 23.4 Å². The lowest BCUT2D eigenvalue weighted by Crippen LogP contribution is -2.30. The molecule has 1 aromatic carbocycles. The van der Waals surface area contributed by atoms with Gasteiger partial charge in [0.1, 0.15) is 0 Å². The first-order valence-corrected chi connectivity index (χ1v) is 9.51. The van der Waals surface area contributed by atoms with Crippen molar-refractivity contribution in [1.29, 1.82) is 0 Å². The van der Waals surface area contributed by atoms with Gasteiger partial charge in [-0.3, -0.25) is 9.59 Å². The van der Waals surface area contributed by atoms with Gasteiger partial charge >= 0.3 is 0 Å². The normalized spacial score (nSPS) is 32.0. The molecule has 1 spiro atoms. The number of amides is 2. The van der Waals surface area contributed by atoms with Gasteiger partial charge in [0.15, 0.2) is 11.5 Å². The van der Waals surface area contributed by atoms with E-state index in [-0.39, 0.29) is 40.9 Å². The molecule has 3 fully saturated rings. The lowest BCUT2D eigenvalue weighted by atomic mass is 9.85. The summed E-state index contributed by atoms with van der Waals surface area (Å²) in [6.45, 7) is 2.45. The Kier molecular flexibility index (Phi) is 3.48. The molecule has 140 valence electrons. The highest BCUT2D eigenvalue weighted by Gasteiger charge is 2.73. The Balaban J connectivity index is 1.38. The van der Waals surface area contributed by atoms with Crippen molar-refractivity contribution < 1.29 is 19.1 Å². The monoisotopic (exact) mass is 366 g/mol. The van der Waals surface area contributed by atoms with Crippen LogP contribution in [-0.4, -0.2) is 36.8 Å². The predicted molar refractivity (Wildman–Crippen MR) is 98.4 cm³/mol. The molecule has 0 N–H and O–H groups in total. The second-order valence-electron chi connectivity index (χ2n) is 7.80. The zero-order chi connectivity index (χ0) is 18.8. The maximum atomic E-state index is 12.9. The average molecular weight is 366 g/mol. The van der Waals surface area contributed by atoms with Gasteiger partial charge < -0.3 is 9.47 Å². The molecule has 27 heavy (non-hydrogen) atoms. The van der Waals surface area contributed by atoms with Gasteiger partial charge in [0.05, 0.1) is 31.8 Å². The number of carbonyl (C=O) groups is 2. The number of rotatable bonds is 5. The van der Waals surface area contributed by atoms with Gasteiger partial charge in [-0.15, -0.1) is 0 Å². The fourth-order valence-corrected chi connectivity index (χ4v) is 5.34. The zero-order valence-electron chi connectivity index (χ0n) is 15.4. The van der Waals surface area contributed by atoms with Crippen LogP contribution < -0.4 is 9.47 Å². The molecule has 2 saturated carbocycles. The third-order valence-corrected chi connectivity index (χ3v) is 6.64. The summed E-state index contributed by atoms with van der Waals surface area (Å²) in [5.74, 6) is 0.935. The number of nitrogens with zero attached hydrogens (tertiary/aromatic N) is 2. The van der Waals surface area contributed by atoms with Crippen molar-refractivity contribution in [3.63, 3.8) is 0 Å². The van der Waals surface area contributed by atoms with E-state index in [1.807, 2.05) is 13.0 Å². The molecule has 2 bridgehead atoms. The molecule has 1 heterocycles. The third-order valence-electron chi connectivity index (χ3n) is 6.64. The van der Waals surface area contributed by atoms with Crippen molar-refractivity contribution in [1.82, 2.24) is 5.01 Å². The number of carbonyl (C=O) groups excluding carboxylic acids is 2. The van der Waals surface area contributed by atoms with Crippen LogP contribution in [0, 0.1) is 29.1 Å². The highest BCUT2D eigenvalue weighted by Crippen LogP contribution is 2.73. The van der Waals surface area contributed by atoms with Crippen molar-refractivity contribution in [2.75, 3.05) is 13.7 Å². The Morgan fingerprint density at radius 2 is 1.81 bits per heavy atom. The van der Waals surface area contributed by atoms with E-state index in [1.54, 1.807) is 19.2 Å². The van der Waals surface area contributed by atoms with Crippen LogP contribution in [-0.2, 0) is 9.59 Å². The summed E-state index contributed by atoms with van der Waals surface area (Å²) in [5.41, 5.74) is 0.951. The Bertz CT molecular complexity index is 852. The summed E-state index contributed by atoms with van der Waals surface area (Å²) in [6, 6.07) is 5.41. The predicted octanol–water partition coefficient (Wildman–Crippen LogP) is 2.63. The summed E-state index contributed by atoms with van der Waals surface area (Å²) in [7, 11) is 1.57. The lowest BCUT2D eigenvalue weighted by molar-refractivity contribution is -0.141. The molecular weight excluding hydrogens is 344 g/mol. The quantitative estimate of drug-likeness (QED) is 0.456. The summed E-state index contributed by atoms with van der Waals surface area (Å²) in [6.07, 6.45) is 8.14. The number of benzene rings is 1. The highest BCUT2D eigenvalue weighted by atomic mass is 16.5. The van der Waals surface area contributed by atoms with Crippen LogP contribution in [0.25, 0.3) is 0 Å². The summed E-state index contributed by atoms with van der Waals surface area (Å²) in [4.78, 5) is 25.8. The van der Waals surface area contributed by atoms with Gasteiger partial charge in [-0.1, -0.05) is 12.2 Å². The second-order valence-corrected chi connectivity index (χ2v) is 7.80. The molecule has 4 unspecified atom stereocenters. The van der Waals surface area contributed by atoms with E-state index < -0.39 is 0 Å². The van der Waals surface area contributed by atoms with Crippen LogP contribution in [0.3, 0.4) is 0 Å². The number of imide groups is 1. The number of hydrogen-bond acceptors (Lipinski definition) is 5. The van der Waals surface area contributed by atoms with Crippen LogP contribution in [0.1, 0.15) is 25.3 Å². The Morgan fingerprint density at radius 1 is 1.15 bits per heavy atom. The number of hydrazone groups is 1. The smallest absolute Gasteiger partial charge is 0.254 e. The van der Waals surface area contributed by atoms with Gasteiger partial charge in [0.2, 0.25) is 0 Å². The van der Waals surface area contributed by atoms with E-state index in [4.69, 9.17) is 9.47 Å². The summed E-state index contributed by atoms with van der Waals surface area (Å²) in [5, 5.41) is 5.32. The molecule has 6 nitrogen and oxygen atoms in total. The maximum Gasteiger partial charge on any atom is 0.254 e. The first-order chi connectivity index (χ1) is 13.1. The molecule has 2 amide bonds. The minimum absolute atomic E-state index is 0.151. The molecule has 4 aliphatic rings. The van der Waals surface area contributed by atoms with Crippen LogP contribution in [0.4, 0.5) is 0 Å². The van der Waals surface area contributed by atoms with Crippen molar-refractivity contribution in [2.45, 2.75) is 19.8 Å². The molecule has 1 aliphatic heterocycles. The number of fused-ring (bicyclic) bond motifs is 3. The van der Waals surface area contributed by atoms with Gasteiger partial charge in [-0.05, 0) is 60.8 Å². The van der Waals surface area contributed by atoms with Gasteiger partial charge in [-0.25, -0.2) is 0 Å². The first kappa shape index (κ1) is 16.5. The molecule has 6 heteroatoms. The van der Waals surface area contributed by atoms with E-state index >= 15 is 0 Å². The molecule has 5 rings (SSSR count). The lowest BCUT2D eigenvalue weighted by Gasteiger charge is -2.18. The zero-order valence-corrected chi connectivity index (χ0v) is 15.4. The highest BCUT2D eigenvalue weighted by molar-refractivity contribution is 6.07. The Labute approximate surface area is 157 Å². The number of hydrogen-bond donors (Lipinski definition) is 0. The van der Waals surface area contributed by atoms with Crippen molar-refractivity contribution >= 4 is 18.0 Å². The maximum absolute atomic E-state index is 12.9. The number of ether oxygens (including phenoxy) is 2. The third kappa shape index (κ3) is 2.16. The van der Waals surface area contributed by atoms with E-state index in [0.29, 0.717) is 18.1 Å². The van der Waals surface area contributed by atoms with Crippen LogP contribution in [0.2, 0.25) is 0 Å². The fraction of sp³-hybridized carbons (Fsp3) is 0.476. The Hall–Kier alpha value is -2.63. The topological polar surface area (TPSA) is 68.2 Å². The van der Waals surface area contributed by atoms with Crippen molar-refractivity contribution in [3.05, 3.63) is 35.9 Å². The first-order valence-electron chi connectivity index (χ1n) is 9.51. The van der Waals surface area contributed by atoms with Crippen LogP contribution in [0.5, 0.6) is 11.5 Å². The Morgan fingerprint density at radius 3 is 2.37 bits per heavy atom. The van der Waals surface area contributed by atoms with E-state index in [1.165, 1.54) is 6.21 Å². The largest absolute Gasteiger partial charge is 0.493 e. The van der Waals surface area contributed by atoms with Gasteiger partial charge in [-0.2, -0.15) is 10.1 Å². The number of methoxy groups -OCH3 is 1. The fourth-order valence-electron chi connectivity index (χ4n) is 5.34. The van der Waals surface area contributed by atoms with Gasteiger partial charge in [0, 0.05) is 0 Å². The molecular formula is C21H22N2O4. The number of allylic oxidation sites excluding steroid dienone is 2. The molecule has 1 saturated heterocycles. The van der Waals surface area contributed by atoms with Crippen molar-refractivity contribution in [3.8, 4) is 11.5 Å². The average Bonchev–Trinajstić information content (AvgIpc) is 3.28. The molecule has 1 aromatic rings. The minimum atomic E-state index is -0.220. The summed E-state index contributed by atoms with van der Waals surface area (Å²) < 4.78 is 10.8. The standard InChI is InChI=1S/C21H22N2O4/c1-3-27-15-7-4-12(10-16(15)26-2)11-22-23-19(24)17-13-5-6-14(18(17)20(23)25)21(13)8-9-21/h4-7,10-11,13-14,17-18H,3,8-9H2,1-2H3/b22-11-. The van der Waals surface area contributed by atoms with Crippen LogP contribution in [0.15, 0.2) is 35.5 Å². The molecule has 0 radical (unpaired) electrons. The SMILES string of the molecule is CCOc1ccc(/C=N\N2C(=O)C3C(C2=O)C2C=CC3C23CC3)cc1OC. The molecule has 0 aromatic heterocycles. The van der Waals surface area contributed by atoms with Crippen LogP contribution >= 0.6 is 0 Å². The second kappa shape index (κ2) is 5.68. The van der Waals surface area contributed by atoms with Gasteiger partial charge in [0.25, 0.3) is 11.8 Å². The van der Waals surface area contributed by atoms with Crippen molar-refractivity contribution in [2.24, 2.45) is 34.2 Å².